The zero-order valence-corrected chi connectivity index (χ0v) is 13.8. The summed E-state index contributed by atoms with van der Waals surface area (Å²) in [5.74, 6) is 0. The minimum Gasteiger partial charge on any atom is -0.371 e. The maximum absolute atomic E-state index is 5.84. The SMILES string of the molecule is CN(C)C1C=CC=CC1(C)c1ccc(C2CNCCO2)cc1. The molecule has 0 bridgehead atoms. The predicted molar refractivity (Wildman–Crippen MR) is 91.1 cm³/mol. The van der Waals surface area contributed by atoms with Crippen molar-refractivity contribution in [3.05, 3.63) is 59.7 Å². The fraction of sp³-hybridized carbons (Fsp3) is 0.474. The van der Waals surface area contributed by atoms with Crippen molar-refractivity contribution in [2.45, 2.75) is 24.5 Å². The topological polar surface area (TPSA) is 24.5 Å². The Bertz CT molecular complexity index is 555. The summed E-state index contributed by atoms with van der Waals surface area (Å²) >= 11 is 0. The summed E-state index contributed by atoms with van der Waals surface area (Å²) in [6.45, 7) is 4.96. The Kier molecular flexibility index (Phi) is 4.48. The highest BCUT2D eigenvalue weighted by molar-refractivity contribution is 5.40. The molecule has 0 radical (unpaired) electrons. The number of rotatable bonds is 3. The average Bonchev–Trinajstić information content (AvgIpc) is 2.56. The first-order valence-corrected chi connectivity index (χ1v) is 8.06. The first-order chi connectivity index (χ1) is 10.6. The third-order valence-corrected chi connectivity index (χ3v) is 4.85. The number of ether oxygens (including phenoxy) is 1. The summed E-state index contributed by atoms with van der Waals surface area (Å²) in [6, 6.07) is 9.32. The maximum Gasteiger partial charge on any atom is 0.0949 e. The Morgan fingerprint density at radius 1 is 1.18 bits per heavy atom. The Balaban J connectivity index is 1.85. The molecule has 1 saturated heterocycles. The van der Waals surface area contributed by atoms with Gasteiger partial charge in [0, 0.05) is 24.5 Å². The molecule has 0 amide bonds. The van der Waals surface area contributed by atoms with Gasteiger partial charge < -0.3 is 15.0 Å². The number of hydrogen-bond donors (Lipinski definition) is 1. The van der Waals surface area contributed by atoms with Crippen LogP contribution in [0, 0.1) is 0 Å². The molecule has 2 aliphatic rings. The molecule has 1 aliphatic heterocycles. The van der Waals surface area contributed by atoms with Crippen LogP contribution in [-0.2, 0) is 10.2 Å². The van der Waals surface area contributed by atoms with E-state index in [0.29, 0.717) is 6.04 Å². The summed E-state index contributed by atoms with van der Waals surface area (Å²) < 4.78 is 5.84. The van der Waals surface area contributed by atoms with E-state index in [1.165, 1.54) is 11.1 Å². The molecule has 0 saturated carbocycles. The number of benzene rings is 1. The molecule has 3 rings (SSSR count). The van der Waals surface area contributed by atoms with Crippen LogP contribution in [0.3, 0.4) is 0 Å². The second-order valence-corrected chi connectivity index (χ2v) is 6.62. The van der Waals surface area contributed by atoms with Crippen LogP contribution in [0.15, 0.2) is 48.6 Å². The lowest BCUT2D eigenvalue weighted by molar-refractivity contribution is 0.0277. The summed E-state index contributed by atoms with van der Waals surface area (Å²) in [7, 11) is 4.28. The third kappa shape index (κ3) is 2.89. The molecule has 0 spiro atoms. The van der Waals surface area contributed by atoms with E-state index in [9.17, 15) is 0 Å². The minimum absolute atomic E-state index is 0.00243. The van der Waals surface area contributed by atoms with Crippen molar-refractivity contribution < 1.29 is 4.74 Å². The Hall–Kier alpha value is -1.42. The van der Waals surface area contributed by atoms with Gasteiger partial charge in [0.15, 0.2) is 0 Å². The maximum atomic E-state index is 5.84. The molecule has 3 nitrogen and oxygen atoms in total. The number of hydrogen-bond acceptors (Lipinski definition) is 3. The van der Waals surface area contributed by atoms with Gasteiger partial charge in [-0.1, -0.05) is 55.5 Å². The molecule has 1 aliphatic carbocycles. The van der Waals surface area contributed by atoms with Crippen LogP contribution in [0.5, 0.6) is 0 Å². The van der Waals surface area contributed by atoms with Gasteiger partial charge in [0.2, 0.25) is 0 Å². The van der Waals surface area contributed by atoms with Gasteiger partial charge in [-0.25, -0.2) is 0 Å². The number of allylic oxidation sites excluding steroid dienone is 2. The molecule has 22 heavy (non-hydrogen) atoms. The van der Waals surface area contributed by atoms with Crippen molar-refractivity contribution in [1.82, 2.24) is 10.2 Å². The van der Waals surface area contributed by atoms with E-state index >= 15 is 0 Å². The average molecular weight is 298 g/mol. The predicted octanol–water partition coefficient (Wildman–Crippen LogP) is 2.66. The molecular weight excluding hydrogens is 272 g/mol. The van der Waals surface area contributed by atoms with Crippen molar-refractivity contribution in [3.8, 4) is 0 Å². The second kappa shape index (κ2) is 6.37. The van der Waals surface area contributed by atoms with Crippen molar-refractivity contribution >= 4 is 0 Å². The molecule has 3 heteroatoms. The molecule has 3 unspecified atom stereocenters. The Morgan fingerprint density at radius 3 is 2.59 bits per heavy atom. The number of morpholine rings is 1. The van der Waals surface area contributed by atoms with Crippen LogP contribution < -0.4 is 5.32 Å². The minimum atomic E-state index is 0.00243. The normalized spacial score (nSPS) is 31.6. The largest absolute Gasteiger partial charge is 0.371 e. The van der Waals surface area contributed by atoms with Crippen molar-refractivity contribution in [2.75, 3.05) is 33.8 Å². The van der Waals surface area contributed by atoms with Gasteiger partial charge in [-0.3, -0.25) is 0 Å². The molecule has 1 aromatic rings. The lowest BCUT2D eigenvalue weighted by Gasteiger charge is -2.40. The highest BCUT2D eigenvalue weighted by atomic mass is 16.5. The summed E-state index contributed by atoms with van der Waals surface area (Å²) in [4.78, 5) is 2.28. The Morgan fingerprint density at radius 2 is 1.95 bits per heavy atom. The van der Waals surface area contributed by atoms with Crippen LogP contribution in [0.25, 0.3) is 0 Å². The van der Waals surface area contributed by atoms with E-state index < -0.39 is 0 Å². The van der Waals surface area contributed by atoms with Crippen molar-refractivity contribution in [3.63, 3.8) is 0 Å². The quantitative estimate of drug-likeness (QED) is 0.928. The smallest absolute Gasteiger partial charge is 0.0949 e. The van der Waals surface area contributed by atoms with E-state index in [4.69, 9.17) is 4.74 Å². The highest BCUT2D eigenvalue weighted by Crippen LogP contribution is 2.35. The molecule has 0 aromatic heterocycles. The van der Waals surface area contributed by atoms with E-state index in [0.717, 1.165) is 19.7 Å². The molecule has 1 fully saturated rings. The van der Waals surface area contributed by atoms with Gasteiger partial charge in [0.1, 0.15) is 0 Å². The number of nitrogens with zero attached hydrogens (tertiary/aromatic N) is 1. The van der Waals surface area contributed by atoms with Gasteiger partial charge in [-0.05, 0) is 25.2 Å². The van der Waals surface area contributed by atoms with Gasteiger partial charge in [-0.15, -0.1) is 0 Å². The van der Waals surface area contributed by atoms with E-state index in [1.807, 2.05) is 0 Å². The summed E-state index contributed by atoms with van der Waals surface area (Å²) in [5.41, 5.74) is 2.61. The van der Waals surface area contributed by atoms with E-state index in [2.05, 4.69) is 79.8 Å². The lowest BCUT2D eigenvalue weighted by Crippen LogP contribution is -2.44. The lowest BCUT2D eigenvalue weighted by atomic mass is 9.73. The molecule has 1 N–H and O–H groups in total. The molecule has 1 heterocycles. The highest BCUT2D eigenvalue weighted by Gasteiger charge is 2.34. The van der Waals surface area contributed by atoms with Crippen LogP contribution in [0.1, 0.15) is 24.2 Å². The van der Waals surface area contributed by atoms with Gasteiger partial charge in [0.05, 0.1) is 12.7 Å². The standard InChI is InChI=1S/C19H26N2O/c1-19(11-5-4-6-18(19)21(2)3)16-9-7-15(8-10-16)17-14-20-12-13-22-17/h4-11,17-18,20H,12-14H2,1-3H3. The summed E-state index contributed by atoms with van der Waals surface area (Å²) in [6.07, 6.45) is 9.07. The van der Waals surface area contributed by atoms with Crippen molar-refractivity contribution in [1.29, 1.82) is 0 Å². The Labute approximate surface area is 133 Å². The van der Waals surface area contributed by atoms with Gasteiger partial charge in [0.25, 0.3) is 0 Å². The molecule has 1 aromatic carbocycles. The van der Waals surface area contributed by atoms with Gasteiger partial charge in [-0.2, -0.15) is 0 Å². The van der Waals surface area contributed by atoms with Crippen LogP contribution in [0.4, 0.5) is 0 Å². The monoisotopic (exact) mass is 298 g/mol. The zero-order valence-electron chi connectivity index (χ0n) is 13.8. The fourth-order valence-electron chi connectivity index (χ4n) is 3.54. The molecular formula is C19H26N2O. The van der Waals surface area contributed by atoms with Crippen molar-refractivity contribution in [2.24, 2.45) is 0 Å². The third-order valence-electron chi connectivity index (χ3n) is 4.85. The molecule has 118 valence electrons. The van der Waals surface area contributed by atoms with Gasteiger partial charge >= 0.3 is 0 Å². The van der Waals surface area contributed by atoms with Crippen LogP contribution in [-0.4, -0.2) is 44.7 Å². The number of likely N-dealkylation sites (N-methyl/N-ethyl adjacent to an activating group) is 1. The zero-order chi connectivity index (χ0) is 15.6. The molecule has 3 atom stereocenters. The van der Waals surface area contributed by atoms with Crippen LogP contribution >= 0.6 is 0 Å². The van der Waals surface area contributed by atoms with E-state index in [1.54, 1.807) is 0 Å². The number of nitrogens with one attached hydrogen (secondary N) is 1. The second-order valence-electron chi connectivity index (χ2n) is 6.62. The van der Waals surface area contributed by atoms with Crippen LogP contribution in [0.2, 0.25) is 0 Å². The first-order valence-electron chi connectivity index (χ1n) is 8.06. The first kappa shape index (κ1) is 15.5. The van der Waals surface area contributed by atoms with E-state index in [-0.39, 0.29) is 11.5 Å². The summed E-state index contributed by atoms with van der Waals surface area (Å²) in [5, 5.41) is 3.39. The fourth-order valence-corrected chi connectivity index (χ4v) is 3.54.